The number of amides is 1. The smallest absolute Gasteiger partial charge is 0.255 e. The lowest BCUT2D eigenvalue weighted by Crippen LogP contribution is -2.12. The molecule has 4 heteroatoms. The van der Waals surface area contributed by atoms with Gasteiger partial charge in [-0.3, -0.25) is 4.79 Å². The molecule has 1 aromatic heterocycles. The van der Waals surface area contributed by atoms with Gasteiger partial charge in [-0.15, -0.1) is 0 Å². The van der Waals surface area contributed by atoms with Crippen molar-refractivity contribution in [2.45, 2.75) is 20.8 Å². The Morgan fingerprint density at radius 3 is 2.37 bits per heavy atom. The molecular weight excluding hydrogens is 372 g/mol. The number of fused-ring (bicyclic) bond motifs is 1. The number of hydrogen-bond donors (Lipinski definition) is 1. The Morgan fingerprint density at radius 2 is 1.67 bits per heavy atom. The van der Waals surface area contributed by atoms with E-state index in [1.165, 1.54) is 0 Å². The van der Waals surface area contributed by atoms with Crippen molar-refractivity contribution in [3.8, 4) is 17.0 Å². The number of nitrogens with zero attached hydrogens (tertiary/aromatic N) is 1. The van der Waals surface area contributed by atoms with Crippen molar-refractivity contribution in [3.63, 3.8) is 0 Å². The largest absolute Gasteiger partial charge is 0.493 e. The normalized spacial score (nSPS) is 10.8. The Balaban J connectivity index is 1.72. The number of benzene rings is 3. The number of aryl methyl sites for hydroxylation is 2. The summed E-state index contributed by atoms with van der Waals surface area (Å²) in [6, 6.07) is 23.5. The van der Waals surface area contributed by atoms with E-state index < -0.39 is 0 Å². The first-order chi connectivity index (χ1) is 14.5. The van der Waals surface area contributed by atoms with Crippen LogP contribution in [0.25, 0.3) is 22.2 Å². The summed E-state index contributed by atoms with van der Waals surface area (Å²) in [5, 5.41) is 3.82. The van der Waals surface area contributed by atoms with E-state index in [9.17, 15) is 4.79 Å². The minimum atomic E-state index is -0.156. The minimum Gasteiger partial charge on any atom is -0.493 e. The average Bonchev–Trinajstić information content (AvgIpc) is 2.73. The number of aromatic nitrogens is 1. The molecule has 0 saturated heterocycles. The molecular formula is C26H24N2O2. The highest BCUT2D eigenvalue weighted by Crippen LogP contribution is 2.31. The van der Waals surface area contributed by atoms with E-state index in [0.717, 1.165) is 44.7 Å². The van der Waals surface area contributed by atoms with Crippen molar-refractivity contribution in [2.75, 3.05) is 11.9 Å². The molecule has 0 radical (unpaired) electrons. The molecule has 0 atom stereocenters. The van der Waals surface area contributed by atoms with Crippen LogP contribution in [0.4, 0.5) is 5.69 Å². The number of anilines is 1. The standard InChI is InChI=1S/C26H24N2O2/c1-4-30-25-16-24(19-8-6-5-7-9-19)28-23-11-10-20(15-22(23)25)26(29)27-21-13-17(2)12-18(3)14-21/h5-16H,4H2,1-3H3,(H,27,29). The second-order valence-corrected chi connectivity index (χ2v) is 7.37. The van der Waals surface area contributed by atoms with Gasteiger partial charge in [-0.1, -0.05) is 36.4 Å². The van der Waals surface area contributed by atoms with E-state index in [4.69, 9.17) is 9.72 Å². The summed E-state index contributed by atoms with van der Waals surface area (Å²) in [4.78, 5) is 17.6. The molecule has 0 aliphatic rings. The maximum Gasteiger partial charge on any atom is 0.255 e. The predicted octanol–water partition coefficient (Wildman–Crippen LogP) is 6.17. The summed E-state index contributed by atoms with van der Waals surface area (Å²) < 4.78 is 5.89. The molecule has 30 heavy (non-hydrogen) atoms. The van der Waals surface area contributed by atoms with Crippen molar-refractivity contribution < 1.29 is 9.53 Å². The maximum absolute atomic E-state index is 12.9. The molecule has 0 spiro atoms. The topological polar surface area (TPSA) is 51.2 Å². The molecule has 1 heterocycles. The highest BCUT2D eigenvalue weighted by Gasteiger charge is 2.13. The fourth-order valence-electron chi connectivity index (χ4n) is 3.62. The van der Waals surface area contributed by atoms with Crippen LogP contribution in [0.2, 0.25) is 0 Å². The van der Waals surface area contributed by atoms with Gasteiger partial charge in [0.1, 0.15) is 5.75 Å². The Hall–Kier alpha value is -3.66. The summed E-state index contributed by atoms with van der Waals surface area (Å²) in [7, 11) is 0. The molecule has 3 aromatic carbocycles. The second kappa shape index (κ2) is 8.37. The van der Waals surface area contributed by atoms with Crippen LogP contribution in [-0.4, -0.2) is 17.5 Å². The Bertz CT molecular complexity index is 1200. The number of carbonyl (C=O) groups is 1. The van der Waals surface area contributed by atoms with Crippen LogP contribution in [0.5, 0.6) is 5.75 Å². The van der Waals surface area contributed by atoms with E-state index in [-0.39, 0.29) is 5.91 Å². The van der Waals surface area contributed by atoms with Crippen molar-refractivity contribution >= 4 is 22.5 Å². The van der Waals surface area contributed by atoms with E-state index in [0.29, 0.717) is 12.2 Å². The van der Waals surface area contributed by atoms with Gasteiger partial charge in [-0.25, -0.2) is 4.98 Å². The zero-order valence-corrected chi connectivity index (χ0v) is 17.4. The first kappa shape index (κ1) is 19.6. The number of pyridine rings is 1. The molecule has 0 unspecified atom stereocenters. The third-order valence-electron chi connectivity index (χ3n) is 4.88. The molecule has 0 aliphatic carbocycles. The maximum atomic E-state index is 12.9. The lowest BCUT2D eigenvalue weighted by molar-refractivity contribution is 0.102. The molecule has 1 N–H and O–H groups in total. The molecule has 150 valence electrons. The molecule has 0 fully saturated rings. The van der Waals surface area contributed by atoms with Crippen LogP contribution < -0.4 is 10.1 Å². The number of rotatable bonds is 5. The molecule has 0 saturated carbocycles. The van der Waals surface area contributed by atoms with Gasteiger partial charge >= 0.3 is 0 Å². The monoisotopic (exact) mass is 396 g/mol. The molecule has 4 rings (SSSR count). The summed E-state index contributed by atoms with van der Waals surface area (Å²) >= 11 is 0. The third-order valence-corrected chi connectivity index (χ3v) is 4.88. The zero-order chi connectivity index (χ0) is 21.1. The predicted molar refractivity (Wildman–Crippen MR) is 122 cm³/mol. The second-order valence-electron chi connectivity index (χ2n) is 7.37. The van der Waals surface area contributed by atoms with Crippen molar-refractivity contribution in [1.82, 2.24) is 4.98 Å². The van der Waals surface area contributed by atoms with Crippen LogP contribution in [0, 0.1) is 13.8 Å². The Morgan fingerprint density at radius 1 is 0.933 bits per heavy atom. The molecule has 4 aromatic rings. The fraction of sp³-hybridized carbons (Fsp3) is 0.154. The third kappa shape index (κ3) is 4.18. The number of carbonyl (C=O) groups excluding carboxylic acids is 1. The summed E-state index contributed by atoms with van der Waals surface area (Å²) in [6.07, 6.45) is 0. The quantitative estimate of drug-likeness (QED) is 0.439. The highest BCUT2D eigenvalue weighted by molar-refractivity contribution is 6.07. The first-order valence-corrected chi connectivity index (χ1v) is 10.1. The molecule has 1 amide bonds. The van der Waals surface area contributed by atoms with Gasteiger partial charge in [0.15, 0.2) is 0 Å². The Kier molecular flexibility index (Phi) is 5.48. The Labute approximate surface area is 176 Å². The van der Waals surface area contributed by atoms with Gasteiger partial charge < -0.3 is 10.1 Å². The van der Waals surface area contributed by atoms with Crippen molar-refractivity contribution in [3.05, 3.63) is 89.5 Å². The van der Waals surface area contributed by atoms with Gasteiger partial charge in [0, 0.05) is 28.3 Å². The van der Waals surface area contributed by atoms with Gasteiger partial charge in [0.05, 0.1) is 17.8 Å². The van der Waals surface area contributed by atoms with E-state index in [1.54, 1.807) is 6.07 Å². The minimum absolute atomic E-state index is 0.156. The summed E-state index contributed by atoms with van der Waals surface area (Å²) in [6.45, 7) is 6.52. The first-order valence-electron chi connectivity index (χ1n) is 10.1. The number of ether oxygens (including phenoxy) is 1. The zero-order valence-electron chi connectivity index (χ0n) is 17.4. The molecule has 4 nitrogen and oxygen atoms in total. The highest BCUT2D eigenvalue weighted by atomic mass is 16.5. The molecule has 0 aliphatic heterocycles. The summed E-state index contributed by atoms with van der Waals surface area (Å²) in [5.41, 5.74) is 6.25. The van der Waals surface area contributed by atoms with Gasteiger partial charge in [0.25, 0.3) is 5.91 Å². The lowest BCUT2D eigenvalue weighted by Gasteiger charge is -2.12. The van der Waals surface area contributed by atoms with E-state index >= 15 is 0 Å². The van der Waals surface area contributed by atoms with Crippen molar-refractivity contribution in [1.29, 1.82) is 0 Å². The van der Waals surface area contributed by atoms with Crippen LogP contribution in [0.1, 0.15) is 28.4 Å². The number of hydrogen-bond acceptors (Lipinski definition) is 3. The van der Waals surface area contributed by atoms with Crippen LogP contribution in [0.3, 0.4) is 0 Å². The lowest BCUT2D eigenvalue weighted by atomic mass is 10.1. The summed E-state index contributed by atoms with van der Waals surface area (Å²) in [5.74, 6) is 0.568. The fourth-order valence-corrected chi connectivity index (χ4v) is 3.62. The van der Waals surface area contributed by atoms with Crippen LogP contribution in [0.15, 0.2) is 72.8 Å². The van der Waals surface area contributed by atoms with Crippen LogP contribution >= 0.6 is 0 Å². The van der Waals surface area contributed by atoms with E-state index in [1.807, 2.05) is 81.4 Å². The van der Waals surface area contributed by atoms with E-state index in [2.05, 4.69) is 11.4 Å². The van der Waals surface area contributed by atoms with Gasteiger partial charge in [-0.2, -0.15) is 0 Å². The molecule has 0 bridgehead atoms. The average molecular weight is 396 g/mol. The van der Waals surface area contributed by atoms with Gasteiger partial charge in [-0.05, 0) is 62.2 Å². The van der Waals surface area contributed by atoms with Crippen molar-refractivity contribution in [2.24, 2.45) is 0 Å². The van der Waals surface area contributed by atoms with Gasteiger partial charge in [0.2, 0.25) is 0 Å². The SMILES string of the molecule is CCOc1cc(-c2ccccc2)nc2ccc(C(=O)Nc3cc(C)cc(C)c3)cc12. The van der Waals surface area contributed by atoms with Crippen LogP contribution in [-0.2, 0) is 0 Å². The number of nitrogens with one attached hydrogen (secondary N) is 1.